The molecule has 0 aliphatic heterocycles. The summed E-state index contributed by atoms with van der Waals surface area (Å²) in [6.07, 6.45) is 4.77. The van der Waals surface area contributed by atoms with E-state index in [1.807, 2.05) is 0 Å². The summed E-state index contributed by atoms with van der Waals surface area (Å²) in [5.74, 6) is 1.37. The molecule has 1 saturated carbocycles. The predicted octanol–water partition coefficient (Wildman–Crippen LogP) is 4.38. The first-order valence-electron chi connectivity index (χ1n) is 6.40. The van der Waals surface area contributed by atoms with Crippen molar-refractivity contribution < 1.29 is 0 Å². The summed E-state index contributed by atoms with van der Waals surface area (Å²) >= 11 is 0. The Kier molecular flexibility index (Phi) is 2.81. The van der Waals surface area contributed by atoms with E-state index in [0.717, 1.165) is 5.92 Å². The Hall–Kier alpha value is -0.850. The third-order valence-electron chi connectivity index (χ3n) is 3.33. The summed E-state index contributed by atoms with van der Waals surface area (Å²) in [6, 6.07) is 2.40. The fourth-order valence-corrected chi connectivity index (χ4v) is 2.15. The van der Waals surface area contributed by atoms with E-state index in [2.05, 4.69) is 46.9 Å². The van der Waals surface area contributed by atoms with Crippen LogP contribution in [0.5, 0.6) is 0 Å². The van der Waals surface area contributed by atoms with Crippen LogP contribution in [0.2, 0.25) is 0 Å². The molecule has 2 rings (SSSR count). The number of aromatic nitrogens is 1. The second-order valence-corrected chi connectivity index (χ2v) is 6.39. The zero-order valence-electron chi connectivity index (χ0n) is 11.2. The van der Waals surface area contributed by atoms with Gasteiger partial charge in [0, 0.05) is 17.3 Å². The molecule has 16 heavy (non-hydrogen) atoms. The van der Waals surface area contributed by atoms with Gasteiger partial charge in [0.1, 0.15) is 0 Å². The monoisotopic (exact) mass is 217 g/mol. The lowest BCUT2D eigenvalue weighted by atomic mass is 9.85. The third-order valence-corrected chi connectivity index (χ3v) is 3.33. The van der Waals surface area contributed by atoms with Gasteiger partial charge in [-0.05, 0) is 35.8 Å². The van der Waals surface area contributed by atoms with E-state index in [1.165, 1.54) is 29.7 Å². The summed E-state index contributed by atoms with van der Waals surface area (Å²) < 4.78 is 0. The average Bonchev–Trinajstić information content (AvgIpc) is 2.98. The Bertz CT molecular complexity index is 381. The summed E-state index contributed by atoms with van der Waals surface area (Å²) in [5, 5.41) is 0. The lowest BCUT2D eigenvalue weighted by Gasteiger charge is -2.22. The second kappa shape index (κ2) is 3.87. The Balaban J connectivity index is 2.45. The van der Waals surface area contributed by atoms with E-state index in [0.29, 0.717) is 5.92 Å². The fourth-order valence-electron chi connectivity index (χ4n) is 2.15. The van der Waals surface area contributed by atoms with Gasteiger partial charge in [-0.3, -0.25) is 4.98 Å². The molecular weight excluding hydrogens is 194 g/mol. The molecule has 0 radical (unpaired) electrons. The number of hydrogen-bond donors (Lipinski definition) is 0. The standard InChI is InChI=1S/C15H23N/c1-10(2)12-8-13(11-6-7-11)14(16-9-12)15(3,4)5/h8-11H,6-7H2,1-5H3. The smallest absolute Gasteiger partial charge is 0.0491 e. The van der Waals surface area contributed by atoms with Crippen LogP contribution < -0.4 is 0 Å². The van der Waals surface area contributed by atoms with Gasteiger partial charge in [0.05, 0.1) is 0 Å². The molecule has 0 spiro atoms. The van der Waals surface area contributed by atoms with E-state index in [4.69, 9.17) is 4.98 Å². The number of hydrogen-bond acceptors (Lipinski definition) is 1. The lowest BCUT2D eigenvalue weighted by Crippen LogP contribution is -2.17. The molecule has 0 saturated heterocycles. The van der Waals surface area contributed by atoms with Crippen molar-refractivity contribution in [3.8, 4) is 0 Å². The molecule has 1 aromatic rings. The topological polar surface area (TPSA) is 12.9 Å². The van der Waals surface area contributed by atoms with Crippen LogP contribution in [-0.4, -0.2) is 4.98 Å². The summed E-state index contributed by atoms with van der Waals surface area (Å²) in [6.45, 7) is 11.3. The largest absolute Gasteiger partial charge is 0.260 e. The first-order valence-corrected chi connectivity index (χ1v) is 6.40. The molecule has 1 aromatic heterocycles. The molecule has 0 atom stereocenters. The van der Waals surface area contributed by atoms with Gasteiger partial charge >= 0.3 is 0 Å². The van der Waals surface area contributed by atoms with Crippen molar-refractivity contribution in [1.29, 1.82) is 0 Å². The summed E-state index contributed by atoms with van der Waals surface area (Å²) in [4.78, 5) is 4.73. The minimum atomic E-state index is 0.174. The first-order chi connectivity index (χ1) is 7.39. The van der Waals surface area contributed by atoms with Gasteiger partial charge in [0.2, 0.25) is 0 Å². The van der Waals surface area contributed by atoms with Crippen molar-refractivity contribution in [2.75, 3.05) is 0 Å². The fraction of sp³-hybridized carbons (Fsp3) is 0.667. The lowest BCUT2D eigenvalue weighted by molar-refractivity contribution is 0.559. The van der Waals surface area contributed by atoms with E-state index >= 15 is 0 Å². The maximum absolute atomic E-state index is 4.73. The molecule has 0 N–H and O–H groups in total. The van der Waals surface area contributed by atoms with Crippen LogP contribution in [0.15, 0.2) is 12.3 Å². The van der Waals surface area contributed by atoms with Crippen LogP contribution in [0.1, 0.15) is 76.1 Å². The molecule has 1 aliphatic carbocycles. The first kappa shape index (κ1) is 11.6. The Morgan fingerprint density at radius 3 is 2.31 bits per heavy atom. The molecule has 1 fully saturated rings. The molecule has 0 aromatic carbocycles. The highest BCUT2D eigenvalue weighted by molar-refractivity contribution is 5.36. The van der Waals surface area contributed by atoms with Crippen molar-refractivity contribution in [2.24, 2.45) is 0 Å². The predicted molar refractivity (Wildman–Crippen MR) is 69.0 cm³/mol. The number of nitrogens with zero attached hydrogens (tertiary/aromatic N) is 1. The molecule has 1 aliphatic rings. The Labute approximate surface area is 99.3 Å². The van der Waals surface area contributed by atoms with E-state index < -0.39 is 0 Å². The SMILES string of the molecule is CC(C)c1cnc(C(C)(C)C)c(C2CC2)c1. The van der Waals surface area contributed by atoms with Crippen LogP contribution in [0, 0.1) is 0 Å². The van der Waals surface area contributed by atoms with Gasteiger partial charge in [0.15, 0.2) is 0 Å². The van der Waals surface area contributed by atoms with Crippen molar-refractivity contribution >= 4 is 0 Å². The van der Waals surface area contributed by atoms with Gasteiger partial charge in [-0.1, -0.05) is 40.7 Å². The highest BCUT2D eigenvalue weighted by Gasteiger charge is 2.31. The number of pyridine rings is 1. The summed E-state index contributed by atoms with van der Waals surface area (Å²) in [7, 11) is 0. The van der Waals surface area contributed by atoms with Crippen LogP contribution in [-0.2, 0) is 5.41 Å². The molecule has 1 nitrogen and oxygen atoms in total. The van der Waals surface area contributed by atoms with Crippen molar-refractivity contribution in [3.63, 3.8) is 0 Å². The highest BCUT2D eigenvalue weighted by atomic mass is 14.7. The zero-order valence-corrected chi connectivity index (χ0v) is 11.2. The van der Waals surface area contributed by atoms with E-state index in [1.54, 1.807) is 0 Å². The molecule has 0 unspecified atom stereocenters. The van der Waals surface area contributed by atoms with Gasteiger partial charge in [-0.2, -0.15) is 0 Å². The minimum absolute atomic E-state index is 0.174. The molecule has 0 amide bonds. The van der Waals surface area contributed by atoms with Crippen LogP contribution >= 0.6 is 0 Å². The van der Waals surface area contributed by atoms with Crippen molar-refractivity contribution in [2.45, 2.75) is 64.7 Å². The summed E-state index contributed by atoms with van der Waals surface area (Å²) in [5.41, 5.74) is 4.38. The van der Waals surface area contributed by atoms with Gasteiger partial charge < -0.3 is 0 Å². The highest BCUT2D eigenvalue weighted by Crippen LogP contribution is 2.44. The number of rotatable bonds is 2. The molecule has 1 heterocycles. The van der Waals surface area contributed by atoms with E-state index in [9.17, 15) is 0 Å². The second-order valence-electron chi connectivity index (χ2n) is 6.39. The Morgan fingerprint density at radius 2 is 1.88 bits per heavy atom. The van der Waals surface area contributed by atoms with Crippen LogP contribution in [0.4, 0.5) is 0 Å². The zero-order chi connectivity index (χ0) is 11.9. The molecule has 1 heteroatoms. The maximum atomic E-state index is 4.73. The minimum Gasteiger partial charge on any atom is -0.260 e. The molecule has 0 bridgehead atoms. The van der Waals surface area contributed by atoms with Crippen molar-refractivity contribution in [1.82, 2.24) is 4.98 Å². The normalized spacial score (nSPS) is 16.9. The third kappa shape index (κ3) is 2.28. The Morgan fingerprint density at radius 1 is 1.25 bits per heavy atom. The van der Waals surface area contributed by atoms with Crippen molar-refractivity contribution in [3.05, 3.63) is 29.1 Å². The average molecular weight is 217 g/mol. The maximum Gasteiger partial charge on any atom is 0.0491 e. The van der Waals surface area contributed by atoms with Gasteiger partial charge in [-0.25, -0.2) is 0 Å². The van der Waals surface area contributed by atoms with Gasteiger partial charge in [-0.15, -0.1) is 0 Å². The molecule has 88 valence electrons. The van der Waals surface area contributed by atoms with Crippen LogP contribution in [0.25, 0.3) is 0 Å². The van der Waals surface area contributed by atoms with Gasteiger partial charge in [0.25, 0.3) is 0 Å². The van der Waals surface area contributed by atoms with Crippen LogP contribution in [0.3, 0.4) is 0 Å². The quantitative estimate of drug-likeness (QED) is 0.716. The van der Waals surface area contributed by atoms with E-state index in [-0.39, 0.29) is 5.41 Å². The molecular formula is C15H23N.